The van der Waals surface area contributed by atoms with Crippen LogP contribution in [0.1, 0.15) is 5.69 Å². The second-order valence-corrected chi connectivity index (χ2v) is 3.54. The van der Waals surface area contributed by atoms with Gasteiger partial charge in [0.1, 0.15) is 0 Å². The summed E-state index contributed by atoms with van der Waals surface area (Å²) in [6.45, 7) is 4.79. The van der Waals surface area contributed by atoms with Crippen molar-refractivity contribution >= 4 is 11.5 Å². The molecule has 1 aliphatic rings. The number of rotatable bonds is 2. The first kappa shape index (κ1) is 8.16. The third kappa shape index (κ3) is 2.03. The quantitative estimate of drug-likeness (QED) is 0.685. The molecule has 12 heavy (non-hydrogen) atoms. The van der Waals surface area contributed by atoms with Crippen LogP contribution in [0.3, 0.4) is 0 Å². The fraction of sp³-hybridized carbons (Fsp3) is 0.625. The maximum Gasteiger partial charge on any atom is 0.0682 e. The lowest BCUT2D eigenvalue weighted by molar-refractivity contribution is 0.0338. The second kappa shape index (κ2) is 3.98. The van der Waals surface area contributed by atoms with Gasteiger partial charge in [-0.15, -0.1) is 0 Å². The summed E-state index contributed by atoms with van der Waals surface area (Å²) in [5, 5.41) is 2.02. The van der Waals surface area contributed by atoms with Gasteiger partial charge in [0.25, 0.3) is 0 Å². The van der Waals surface area contributed by atoms with Gasteiger partial charge in [-0.25, -0.2) is 0 Å². The molecule has 0 unspecified atom stereocenters. The van der Waals surface area contributed by atoms with Crippen molar-refractivity contribution < 1.29 is 4.74 Å². The standard InChI is InChI=1S/C8H12N2OS/c1-6-12-9-8(1)7-10-2-4-11-5-3-10/h1,6H,2-5,7H2. The van der Waals surface area contributed by atoms with Gasteiger partial charge in [-0.1, -0.05) is 0 Å². The summed E-state index contributed by atoms with van der Waals surface area (Å²) in [4.78, 5) is 2.37. The Morgan fingerprint density at radius 3 is 3.00 bits per heavy atom. The first-order chi connectivity index (χ1) is 5.95. The Labute approximate surface area is 76.1 Å². The van der Waals surface area contributed by atoms with E-state index < -0.39 is 0 Å². The Morgan fingerprint density at radius 1 is 1.50 bits per heavy atom. The third-order valence-electron chi connectivity index (χ3n) is 1.98. The predicted octanol–water partition coefficient (Wildman–Crippen LogP) is 0.975. The Balaban J connectivity index is 1.86. The molecule has 66 valence electrons. The van der Waals surface area contributed by atoms with E-state index in [2.05, 4.69) is 15.3 Å². The molecule has 2 heterocycles. The van der Waals surface area contributed by atoms with E-state index in [4.69, 9.17) is 4.74 Å². The maximum absolute atomic E-state index is 5.26. The van der Waals surface area contributed by atoms with E-state index in [9.17, 15) is 0 Å². The fourth-order valence-corrected chi connectivity index (χ4v) is 1.84. The van der Waals surface area contributed by atoms with Gasteiger partial charge in [0.2, 0.25) is 0 Å². The van der Waals surface area contributed by atoms with Gasteiger partial charge in [0, 0.05) is 25.0 Å². The lowest BCUT2D eigenvalue weighted by Gasteiger charge is -2.25. The number of nitrogens with zero attached hydrogens (tertiary/aromatic N) is 2. The molecular formula is C8H12N2OS. The molecule has 1 aliphatic heterocycles. The van der Waals surface area contributed by atoms with Crippen LogP contribution < -0.4 is 0 Å². The Kier molecular flexibility index (Phi) is 2.71. The van der Waals surface area contributed by atoms with Gasteiger partial charge in [-0.3, -0.25) is 4.90 Å². The molecule has 0 aromatic carbocycles. The smallest absolute Gasteiger partial charge is 0.0682 e. The summed E-state index contributed by atoms with van der Waals surface area (Å²) < 4.78 is 9.53. The molecule has 2 rings (SSSR count). The van der Waals surface area contributed by atoms with E-state index in [1.807, 2.05) is 5.38 Å². The van der Waals surface area contributed by atoms with Gasteiger partial charge >= 0.3 is 0 Å². The van der Waals surface area contributed by atoms with Crippen LogP contribution in [-0.4, -0.2) is 35.6 Å². The van der Waals surface area contributed by atoms with Crippen molar-refractivity contribution in [2.24, 2.45) is 0 Å². The molecule has 0 atom stereocenters. The summed E-state index contributed by atoms with van der Waals surface area (Å²) in [5.74, 6) is 0. The number of hydrogen-bond donors (Lipinski definition) is 0. The molecule has 1 saturated heterocycles. The summed E-state index contributed by atoms with van der Waals surface area (Å²) in [5.41, 5.74) is 1.18. The van der Waals surface area contributed by atoms with Crippen molar-refractivity contribution in [2.45, 2.75) is 6.54 Å². The summed E-state index contributed by atoms with van der Waals surface area (Å²) in [6, 6.07) is 2.08. The van der Waals surface area contributed by atoms with Crippen LogP contribution >= 0.6 is 11.5 Å². The average Bonchev–Trinajstić information content (AvgIpc) is 2.59. The number of aromatic nitrogens is 1. The van der Waals surface area contributed by atoms with Gasteiger partial charge in [0.15, 0.2) is 0 Å². The molecule has 0 bridgehead atoms. The van der Waals surface area contributed by atoms with Crippen molar-refractivity contribution in [3.63, 3.8) is 0 Å². The average molecular weight is 184 g/mol. The SMILES string of the molecule is c1cc(CN2CCOCC2)ns1. The lowest BCUT2D eigenvalue weighted by Crippen LogP contribution is -2.35. The molecule has 4 heteroatoms. The molecule has 0 radical (unpaired) electrons. The molecular weight excluding hydrogens is 172 g/mol. The first-order valence-electron chi connectivity index (χ1n) is 4.14. The van der Waals surface area contributed by atoms with Crippen molar-refractivity contribution in [3.8, 4) is 0 Å². The minimum absolute atomic E-state index is 0.865. The molecule has 1 aromatic rings. The van der Waals surface area contributed by atoms with Crippen molar-refractivity contribution in [1.29, 1.82) is 0 Å². The van der Waals surface area contributed by atoms with E-state index in [-0.39, 0.29) is 0 Å². The Bertz CT molecular complexity index is 219. The second-order valence-electron chi connectivity index (χ2n) is 2.88. The highest BCUT2D eigenvalue weighted by Crippen LogP contribution is 2.06. The number of morpholine rings is 1. The van der Waals surface area contributed by atoms with E-state index in [0.717, 1.165) is 32.8 Å². The predicted molar refractivity (Wildman–Crippen MR) is 48.2 cm³/mol. The highest BCUT2D eigenvalue weighted by molar-refractivity contribution is 7.03. The third-order valence-corrected chi connectivity index (χ3v) is 2.58. The molecule has 1 fully saturated rings. The van der Waals surface area contributed by atoms with E-state index >= 15 is 0 Å². The maximum atomic E-state index is 5.26. The van der Waals surface area contributed by atoms with Crippen molar-refractivity contribution in [1.82, 2.24) is 9.27 Å². The number of hydrogen-bond acceptors (Lipinski definition) is 4. The summed E-state index contributed by atoms with van der Waals surface area (Å²) in [7, 11) is 0. The van der Waals surface area contributed by atoms with Gasteiger partial charge in [-0.05, 0) is 17.6 Å². The topological polar surface area (TPSA) is 25.4 Å². The van der Waals surface area contributed by atoms with Crippen LogP contribution in [0.2, 0.25) is 0 Å². The van der Waals surface area contributed by atoms with Crippen LogP contribution in [0.15, 0.2) is 11.4 Å². The molecule has 1 aromatic heterocycles. The zero-order chi connectivity index (χ0) is 8.23. The molecule has 3 nitrogen and oxygen atoms in total. The van der Waals surface area contributed by atoms with Crippen LogP contribution in [0.5, 0.6) is 0 Å². The summed E-state index contributed by atoms with van der Waals surface area (Å²) in [6.07, 6.45) is 0. The first-order valence-corrected chi connectivity index (χ1v) is 4.98. The highest BCUT2D eigenvalue weighted by atomic mass is 32.1. The molecule has 0 spiro atoms. The Morgan fingerprint density at radius 2 is 2.33 bits per heavy atom. The van der Waals surface area contributed by atoms with Crippen molar-refractivity contribution in [3.05, 3.63) is 17.1 Å². The molecule has 0 amide bonds. The fourth-order valence-electron chi connectivity index (χ4n) is 1.31. The Hall–Kier alpha value is -0.450. The van der Waals surface area contributed by atoms with Crippen LogP contribution in [0.25, 0.3) is 0 Å². The largest absolute Gasteiger partial charge is 0.379 e. The molecule has 0 N–H and O–H groups in total. The minimum atomic E-state index is 0.865. The highest BCUT2D eigenvalue weighted by Gasteiger charge is 2.10. The van der Waals surface area contributed by atoms with Crippen molar-refractivity contribution in [2.75, 3.05) is 26.3 Å². The zero-order valence-electron chi connectivity index (χ0n) is 6.90. The summed E-state index contributed by atoms with van der Waals surface area (Å²) >= 11 is 1.52. The van der Waals surface area contributed by atoms with Gasteiger partial charge in [0.05, 0.1) is 18.9 Å². The van der Waals surface area contributed by atoms with Crippen LogP contribution in [0.4, 0.5) is 0 Å². The number of ether oxygens (including phenoxy) is 1. The monoisotopic (exact) mass is 184 g/mol. The lowest BCUT2D eigenvalue weighted by atomic mass is 10.3. The molecule has 0 aliphatic carbocycles. The minimum Gasteiger partial charge on any atom is -0.379 e. The van der Waals surface area contributed by atoms with E-state index in [0.29, 0.717) is 0 Å². The zero-order valence-corrected chi connectivity index (χ0v) is 7.72. The van der Waals surface area contributed by atoms with Gasteiger partial charge in [-0.2, -0.15) is 4.37 Å². The molecule has 0 saturated carbocycles. The van der Waals surface area contributed by atoms with Gasteiger partial charge < -0.3 is 4.74 Å². The van der Waals surface area contributed by atoms with E-state index in [1.54, 1.807) is 0 Å². The van der Waals surface area contributed by atoms with Crippen LogP contribution in [0, 0.1) is 0 Å². The van der Waals surface area contributed by atoms with Crippen LogP contribution in [-0.2, 0) is 11.3 Å². The normalized spacial score (nSPS) is 19.7. The van der Waals surface area contributed by atoms with E-state index in [1.165, 1.54) is 17.2 Å².